The first-order chi connectivity index (χ1) is 6.13. The Hall–Kier alpha value is -0.100. The Kier molecular flexibility index (Phi) is 4.18. The lowest BCUT2D eigenvalue weighted by atomic mass is 10.2. The van der Waals surface area contributed by atoms with Gasteiger partial charge in [-0.3, -0.25) is 4.68 Å². The average molecular weight is 293 g/mol. The van der Waals surface area contributed by atoms with E-state index in [9.17, 15) is 0 Å². The van der Waals surface area contributed by atoms with Crippen molar-refractivity contribution >= 4 is 22.6 Å². The molecule has 0 bridgehead atoms. The highest BCUT2D eigenvalue weighted by Crippen LogP contribution is 2.08. The van der Waals surface area contributed by atoms with E-state index in [1.165, 1.54) is 5.56 Å². The van der Waals surface area contributed by atoms with Crippen molar-refractivity contribution in [2.75, 3.05) is 0 Å². The largest absolute Gasteiger partial charge is 0.310 e. The summed E-state index contributed by atoms with van der Waals surface area (Å²) < 4.78 is 2.95. The first-order valence-corrected chi connectivity index (χ1v) is 5.62. The number of hydrogen-bond donors (Lipinski definition) is 1. The van der Waals surface area contributed by atoms with Crippen LogP contribution in [0.4, 0.5) is 0 Å². The van der Waals surface area contributed by atoms with Gasteiger partial charge in [0, 0.05) is 31.4 Å². The predicted octanol–water partition coefficient (Wildman–Crippen LogP) is 1.91. The van der Waals surface area contributed by atoms with Crippen LogP contribution in [-0.2, 0) is 13.6 Å². The molecule has 0 amide bonds. The zero-order valence-corrected chi connectivity index (χ0v) is 10.5. The van der Waals surface area contributed by atoms with Crippen LogP contribution in [0.5, 0.6) is 0 Å². The van der Waals surface area contributed by atoms with Gasteiger partial charge in [-0.05, 0) is 35.9 Å². The second kappa shape index (κ2) is 4.95. The molecule has 1 rings (SSSR count). The van der Waals surface area contributed by atoms with Gasteiger partial charge in [-0.2, -0.15) is 5.10 Å². The fraction of sp³-hybridized carbons (Fsp3) is 0.667. The van der Waals surface area contributed by atoms with E-state index in [0.29, 0.717) is 6.04 Å². The van der Waals surface area contributed by atoms with Crippen LogP contribution >= 0.6 is 22.6 Å². The lowest BCUT2D eigenvalue weighted by Gasteiger charge is -2.09. The van der Waals surface area contributed by atoms with E-state index in [1.54, 1.807) is 0 Å². The topological polar surface area (TPSA) is 29.9 Å². The fourth-order valence-electron chi connectivity index (χ4n) is 1.06. The van der Waals surface area contributed by atoms with Crippen molar-refractivity contribution in [1.82, 2.24) is 15.1 Å². The van der Waals surface area contributed by atoms with E-state index in [-0.39, 0.29) is 0 Å². The quantitative estimate of drug-likeness (QED) is 0.860. The number of halogens is 1. The fourth-order valence-corrected chi connectivity index (χ4v) is 1.73. The van der Waals surface area contributed by atoms with Gasteiger partial charge in [0.15, 0.2) is 0 Å². The summed E-state index contributed by atoms with van der Waals surface area (Å²) in [5.74, 6) is 0. The summed E-state index contributed by atoms with van der Waals surface area (Å²) in [6.45, 7) is 5.30. The molecular weight excluding hydrogens is 277 g/mol. The highest BCUT2D eigenvalue weighted by Gasteiger charge is 2.05. The van der Waals surface area contributed by atoms with Crippen molar-refractivity contribution in [1.29, 1.82) is 0 Å². The van der Waals surface area contributed by atoms with E-state index in [4.69, 9.17) is 0 Å². The van der Waals surface area contributed by atoms with Crippen LogP contribution in [0.15, 0.2) is 6.20 Å². The van der Waals surface area contributed by atoms with Crippen LogP contribution in [0.25, 0.3) is 0 Å². The molecule has 4 heteroatoms. The molecule has 0 radical (unpaired) electrons. The molecule has 74 valence electrons. The number of aromatic nitrogens is 2. The van der Waals surface area contributed by atoms with Gasteiger partial charge in [-0.15, -0.1) is 0 Å². The van der Waals surface area contributed by atoms with E-state index in [1.807, 2.05) is 11.7 Å². The third-order valence-corrected chi connectivity index (χ3v) is 3.02. The molecule has 0 saturated heterocycles. The summed E-state index contributed by atoms with van der Waals surface area (Å²) >= 11 is 2.27. The monoisotopic (exact) mass is 293 g/mol. The third-order valence-electron chi connectivity index (χ3n) is 2.11. The number of nitrogens with one attached hydrogen (secondary N) is 1. The SMILES string of the molecule is CCC(C)NCc1cn(C)nc1I. The van der Waals surface area contributed by atoms with Crippen LogP contribution in [0.3, 0.4) is 0 Å². The minimum Gasteiger partial charge on any atom is -0.310 e. The maximum Gasteiger partial charge on any atom is 0.127 e. The zero-order chi connectivity index (χ0) is 9.84. The third kappa shape index (κ3) is 3.27. The van der Waals surface area contributed by atoms with Gasteiger partial charge >= 0.3 is 0 Å². The number of aryl methyl sites for hydroxylation is 1. The Bertz CT molecular complexity index is 270. The Labute approximate surface area is 93.0 Å². The summed E-state index contributed by atoms with van der Waals surface area (Å²) in [5.41, 5.74) is 1.28. The van der Waals surface area contributed by atoms with Gasteiger partial charge in [0.2, 0.25) is 0 Å². The van der Waals surface area contributed by atoms with E-state index < -0.39 is 0 Å². The minimum absolute atomic E-state index is 0.580. The summed E-state index contributed by atoms with van der Waals surface area (Å²) in [6, 6.07) is 0.580. The van der Waals surface area contributed by atoms with Crippen molar-refractivity contribution in [3.63, 3.8) is 0 Å². The number of rotatable bonds is 4. The highest BCUT2D eigenvalue weighted by atomic mass is 127. The summed E-state index contributed by atoms with van der Waals surface area (Å²) in [4.78, 5) is 0. The molecule has 0 aliphatic rings. The predicted molar refractivity (Wildman–Crippen MR) is 62.5 cm³/mol. The van der Waals surface area contributed by atoms with E-state index in [0.717, 1.165) is 16.7 Å². The van der Waals surface area contributed by atoms with Gasteiger partial charge in [-0.25, -0.2) is 0 Å². The molecule has 1 heterocycles. The molecule has 3 nitrogen and oxygen atoms in total. The molecule has 1 aromatic rings. The smallest absolute Gasteiger partial charge is 0.127 e. The Morgan fingerprint density at radius 2 is 2.38 bits per heavy atom. The van der Waals surface area contributed by atoms with E-state index >= 15 is 0 Å². The van der Waals surface area contributed by atoms with Crippen molar-refractivity contribution in [2.45, 2.75) is 32.9 Å². The number of nitrogens with zero attached hydrogens (tertiary/aromatic N) is 2. The van der Waals surface area contributed by atoms with Crippen molar-refractivity contribution < 1.29 is 0 Å². The minimum atomic E-state index is 0.580. The molecule has 0 saturated carbocycles. The standard InChI is InChI=1S/C9H16IN3/c1-4-7(2)11-5-8-6-13(3)12-9(8)10/h6-7,11H,4-5H2,1-3H3. The van der Waals surface area contributed by atoms with E-state index in [2.05, 4.69) is 53.1 Å². The Morgan fingerprint density at radius 1 is 1.69 bits per heavy atom. The maximum atomic E-state index is 4.28. The van der Waals surface area contributed by atoms with Crippen molar-refractivity contribution in [3.8, 4) is 0 Å². The molecule has 1 N–H and O–H groups in total. The van der Waals surface area contributed by atoms with Crippen LogP contribution in [0.1, 0.15) is 25.8 Å². The molecule has 1 aromatic heterocycles. The van der Waals surface area contributed by atoms with Gasteiger partial charge in [0.25, 0.3) is 0 Å². The first kappa shape index (κ1) is 11.0. The van der Waals surface area contributed by atoms with Crippen molar-refractivity contribution in [3.05, 3.63) is 15.5 Å². The maximum absolute atomic E-state index is 4.28. The van der Waals surface area contributed by atoms with Crippen LogP contribution in [0, 0.1) is 3.70 Å². The molecule has 0 aliphatic heterocycles. The second-order valence-corrected chi connectivity index (χ2v) is 4.33. The van der Waals surface area contributed by atoms with Crippen LogP contribution < -0.4 is 5.32 Å². The highest BCUT2D eigenvalue weighted by molar-refractivity contribution is 14.1. The van der Waals surface area contributed by atoms with Gasteiger partial charge in [-0.1, -0.05) is 6.92 Å². The van der Waals surface area contributed by atoms with Gasteiger partial charge in [0.05, 0.1) is 0 Å². The van der Waals surface area contributed by atoms with Crippen molar-refractivity contribution in [2.24, 2.45) is 7.05 Å². The van der Waals surface area contributed by atoms with Crippen LogP contribution in [-0.4, -0.2) is 15.8 Å². The molecule has 13 heavy (non-hydrogen) atoms. The number of hydrogen-bond acceptors (Lipinski definition) is 2. The molecule has 0 aliphatic carbocycles. The summed E-state index contributed by atoms with van der Waals surface area (Å²) in [5, 5.41) is 7.72. The van der Waals surface area contributed by atoms with Gasteiger partial charge in [0.1, 0.15) is 3.70 Å². The molecule has 1 unspecified atom stereocenters. The Morgan fingerprint density at radius 3 is 2.85 bits per heavy atom. The first-order valence-electron chi connectivity index (χ1n) is 4.55. The van der Waals surface area contributed by atoms with Gasteiger partial charge < -0.3 is 5.32 Å². The lowest BCUT2D eigenvalue weighted by Crippen LogP contribution is -2.24. The zero-order valence-electron chi connectivity index (χ0n) is 8.34. The molecular formula is C9H16IN3. The second-order valence-electron chi connectivity index (χ2n) is 3.31. The average Bonchev–Trinajstić information content (AvgIpc) is 2.41. The normalized spacial score (nSPS) is 13.2. The molecule has 0 spiro atoms. The lowest BCUT2D eigenvalue weighted by molar-refractivity contribution is 0.533. The van der Waals surface area contributed by atoms with Crippen LogP contribution in [0.2, 0.25) is 0 Å². The molecule has 1 atom stereocenters. The Balaban J connectivity index is 2.49. The summed E-state index contributed by atoms with van der Waals surface area (Å²) in [7, 11) is 1.95. The summed E-state index contributed by atoms with van der Waals surface area (Å²) in [6.07, 6.45) is 3.23. The molecule has 0 aromatic carbocycles. The molecule has 0 fully saturated rings.